The average molecular weight is 144 g/mol. The molecule has 0 radical (unpaired) electrons. The molecule has 58 valence electrons. The Morgan fingerprint density at radius 2 is 2.10 bits per heavy atom. The molecule has 0 bridgehead atoms. The Morgan fingerprint density at radius 1 is 1.50 bits per heavy atom. The van der Waals surface area contributed by atoms with E-state index < -0.39 is 5.72 Å². The van der Waals surface area contributed by atoms with Crippen LogP contribution in [0.1, 0.15) is 12.8 Å². The van der Waals surface area contributed by atoms with Crippen molar-refractivity contribution in [1.29, 1.82) is 0 Å². The second-order valence-corrected chi connectivity index (χ2v) is 2.53. The van der Waals surface area contributed by atoms with Gasteiger partial charge in [-0.3, -0.25) is 10.5 Å². The van der Waals surface area contributed by atoms with Crippen molar-refractivity contribution in [2.75, 3.05) is 13.1 Å². The topological polar surface area (TPSA) is 64.3 Å². The third-order valence-corrected chi connectivity index (χ3v) is 1.73. The zero-order valence-electron chi connectivity index (χ0n) is 5.80. The lowest BCUT2D eigenvalue weighted by Crippen LogP contribution is -2.50. The van der Waals surface area contributed by atoms with Crippen molar-refractivity contribution < 1.29 is 9.53 Å². The van der Waals surface area contributed by atoms with Crippen molar-refractivity contribution in [2.45, 2.75) is 18.6 Å². The number of rotatable bonds is 2. The number of piperidine rings is 1. The molecule has 10 heavy (non-hydrogen) atoms. The van der Waals surface area contributed by atoms with E-state index in [1.165, 1.54) is 0 Å². The highest BCUT2D eigenvalue weighted by molar-refractivity contribution is 5.38. The van der Waals surface area contributed by atoms with E-state index in [1.807, 2.05) is 0 Å². The Balaban J connectivity index is 2.39. The quantitative estimate of drug-likeness (QED) is 0.393. The molecule has 0 unspecified atom stereocenters. The maximum Gasteiger partial charge on any atom is 0.294 e. The van der Waals surface area contributed by atoms with Gasteiger partial charge in [0.2, 0.25) is 0 Å². The van der Waals surface area contributed by atoms with Gasteiger partial charge in [-0.2, -0.15) is 0 Å². The first kappa shape index (κ1) is 7.50. The van der Waals surface area contributed by atoms with Crippen LogP contribution in [0.5, 0.6) is 0 Å². The lowest BCUT2D eigenvalue weighted by Gasteiger charge is -2.31. The predicted molar refractivity (Wildman–Crippen MR) is 36.2 cm³/mol. The number of carbonyl (C=O) groups excluding carboxylic acids is 1. The monoisotopic (exact) mass is 144 g/mol. The Hall–Kier alpha value is -0.610. The zero-order valence-corrected chi connectivity index (χ0v) is 5.80. The summed E-state index contributed by atoms with van der Waals surface area (Å²) in [5.41, 5.74) is 4.97. The smallest absolute Gasteiger partial charge is 0.294 e. The molecule has 4 nitrogen and oxygen atoms in total. The van der Waals surface area contributed by atoms with Gasteiger partial charge >= 0.3 is 0 Å². The van der Waals surface area contributed by atoms with Crippen LogP contribution in [0.25, 0.3) is 0 Å². The van der Waals surface area contributed by atoms with Gasteiger partial charge < -0.3 is 10.1 Å². The molecule has 0 saturated carbocycles. The Bertz CT molecular complexity index is 121. The van der Waals surface area contributed by atoms with Gasteiger partial charge in [-0.25, -0.2) is 0 Å². The van der Waals surface area contributed by atoms with E-state index in [0.717, 1.165) is 13.1 Å². The summed E-state index contributed by atoms with van der Waals surface area (Å²) in [7, 11) is 0. The molecule has 1 saturated heterocycles. The van der Waals surface area contributed by atoms with Gasteiger partial charge in [-0.15, -0.1) is 0 Å². The molecule has 0 atom stereocenters. The standard InChI is InChI=1S/C6H12N2O2/c7-6(10-5-9)1-3-8-4-2-6/h5,8H,1-4,7H2. The molecule has 0 spiro atoms. The molecule has 1 fully saturated rings. The van der Waals surface area contributed by atoms with Crippen LogP contribution < -0.4 is 11.1 Å². The normalized spacial score (nSPS) is 23.7. The molecule has 1 rings (SSSR count). The summed E-state index contributed by atoms with van der Waals surface area (Å²) in [6.45, 7) is 2.07. The van der Waals surface area contributed by atoms with Crippen LogP contribution in [-0.2, 0) is 9.53 Å². The van der Waals surface area contributed by atoms with Crippen molar-refractivity contribution in [1.82, 2.24) is 5.32 Å². The minimum atomic E-state index is -0.701. The first-order valence-corrected chi connectivity index (χ1v) is 3.38. The van der Waals surface area contributed by atoms with Gasteiger partial charge in [0.05, 0.1) is 0 Å². The van der Waals surface area contributed by atoms with Crippen molar-refractivity contribution >= 4 is 6.47 Å². The van der Waals surface area contributed by atoms with Crippen molar-refractivity contribution in [3.8, 4) is 0 Å². The Labute approximate surface area is 59.7 Å². The SMILES string of the molecule is NC1(OC=O)CCNCC1. The molecular formula is C6H12N2O2. The molecule has 1 aliphatic heterocycles. The number of nitrogens with one attached hydrogen (secondary N) is 1. The van der Waals surface area contributed by atoms with Crippen LogP contribution in [0, 0.1) is 0 Å². The van der Waals surface area contributed by atoms with Crippen molar-refractivity contribution in [2.24, 2.45) is 5.73 Å². The first-order valence-electron chi connectivity index (χ1n) is 3.38. The highest BCUT2D eigenvalue weighted by atomic mass is 16.5. The fourth-order valence-corrected chi connectivity index (χ4v) is 1.06. The van der Waals surface area contributed by atoms with E-state index in [2.05, 4.69) is 5.32 Å². The van der Waals surface area contributed by atoms with Crippen LogP contribution >= 0.6 is 0 Å². The van der Waals surface area contributed by atoms with E-state index in [9.17, 15) is 4.79 Å². The molecule has 0 amide bonds. The molecule has 0 aliphatic carbocycles. The lowest BCUT2D eigenvalue weighted by atomic mass is 10.0. The first-order chi connectivity index (χ1) is 4.77. The number of ether oxygens (including phenoxy) is 1. The molecule has 1 heterocycles. The summed E-state index contributed by atoms with van der Waals surface area (Å²) in [6.07, 6.45) is 1.40. The van der Waals surface area contributed by atoms with Crippen molar-refractivity contribution in [3.63, 3.8) is 0 Å². The summed E-state index contributed by atoms with van der Waals surface area (Å²) in [5.74, 6) is 0. The lowest BCUT2D eigenvalue weighted by molar-refractivity contribution is -0.145. The van der Waals surface area contributed by atoms with Crippen LogP contribution in [-0.4, -0.2) is 25.3 Å². The van der Waals surface area contributed by atoms with Gasteiger partial charge in [0.1, 0.15) is 0 Å². The largest absolute Gasteiger partial charge is 0.446 e. The number of hydrogen-bond acceptors (Lipinski definition) is 4. The van der Waals surface area contributed by atoms with Gasteiger partial charge in [0.25, 0.3) is 6.47 Å². The summed E-state index contributed by atoms with van der Waals surface area (Å²) >= 11 is 0. The Kier molecular flexibility index (Phi) is 2.24. The minimum absolute atomic E-state index is 0.422. The van der Waals surface area contributed by atoms with E-state index in [-0.39, 0.29) is 0 Å². The van der Waals surface area contributed by atoms with E-state index in [0.29, 0.717) is 19.3 Å². The van der Waals surface area contributed by atoms with Crippen LogP contribution in [0.15, 0.2) is 0 Å². The van der Waals surface area contributed by atoms with Crippen LogP contribution in [0.3, 0.4) is 0 Å². The third-order valence-electron chi connectivity index (χ3n) is 1.73. The van der Waals surface area contributed by atoms with Gasteiger partial charge in [0, 0.05) is 25.9 Å². The number of hydrogen-bond donors (Lipinski definition) is 2. The van der Waals surface area contributed by atoms with Crippen LogP contribution in [0.2, 0.25) is 0 Å². The minimum Gasteiger partial charge on any atom is -0.446 e. The van der Waals surface area contributed by atoms with Crippen molar-refractivity contribution in [3.05, 3.63) is 0 Å². The van der Waals surface area contributed by atoms with Gasteiger partial charge in [-0.05, 0) is 0 Å². The maximum absolute atomic E-state index is 9.96. The summed E-state index contributed by atoms with van der Waals surface area (Å²) in [5, 5.41) is 3.12. The summed E-state index contributed by atoms with van der Waals surface area (Å²) < 4.78 is 4.73. The van der Waals surface area contributed by atoms with Gasteiger partial charge in [-0.1, -0.05) is 0 Å². The molecular weight excluding hydrogens is 132 g/mol. The molecule has 0 aromatic carbocycles. The fraction of sp³-hybridized carbons (Fsp3) is 0.833. The molecule has 0 aromatic heterocycles. The molecule has 3 N–H and O–H groups in total. The third kappa shape index (κ3) is 1.68. The number of carbonyl (C=O) groups is 1. The predicted octanol–water partition coefficient (Wildman–Crippen LogP) is -0.802. The van der Waals surface area contributed by atoms with E-state index in [1.54, 1.807) is 0 Å². The molecule has 1 aliphatic rings. The Morgan fingerprint density at radius 3 is 2.60 bits per heavy atom. The summed E-state index contributed by atoms with van der Waals surface area (Å²) in [4.78, 5) is 9.96. The molecule has 0 aromatic rings. The van der Waals surface area contributed by atoms with Gasteiger partial charge in [0.15, 0.2) is 5.72 Å². The van der Waals surface area contributed by atoms with Crippen LogP contribution in [0.4, 0.5) is 0 Å². The fourth-order valence-electron chi connectivity index (χ4n) is 1.06. The zero-order chi connectivity index (χ0) is 7.45. The van der Waals surface area contributed by atoms with E-state index >= 15 is 0 Å². The second kappa shape index (κ2) is 2.98. The number of nitrogens with two attached hydrogens (primary N) is 1. The maximum atomic E-state index is 9.96. The highest BCUT2D eigenvalue weighted by Crippen LogP contribution is 2.14. The van der Waals surface area contributed by atoms with E-state index in [4.69, 9.17) is 10.5 Å². The average Bonchev–Trinajstić information content (AvgIpc) is 1.89. The molecule has 4 heteroatoms. The highest BCUT2D eigenvalue weighted by Gasteiger charge is 2.28. The summed E-state index contributed by atoms with van der Waals surface area (Å²) in [6, 6.07) is 0. The second-order valence-electron chi connectivity index (χ2n) is 2.53.